The number of aromatic nitrogens is 1. The van der Waals surface area contributed by atoms with Crippen LogP contribution in [0.1, 0.15) is 27.3 Å². The third kappa shape index (κ3) is 2.61. The van der Waals surface area contributed by atoms with Gasteiger partial charge < -0.3 is 4.90 Å². The fourth-order valence-electron chi connectivity index (χ4n) is 2.65. The number of aryl methyl sites for hydroxylation is 1. The van der Waals surface area contributed by atoms with Crippen molar-refractivity contribution in [1.82, 2.24) is 9.88 Å². The first kappa shape index (κ1) is 15.0. The Morgan fingerprint density at radius 3 is 2.59 bits per heavy atom. The molecule has 0 spiro atoms. The Hall–Kier alpha value is -1.89. The predicted molar refractivity (Wildman–Crippen MR) is 76.5 cm³/mol. The second-order valence-corrected chi connectivity index (χ2v) is 6.22. The Labute approximate surface area is 129 Å². The van der Waals surface area contributed by atoms with Crippen molar-refractivity contribution in [3.8, 4) is 0 Å². The van der Waals surface area contributed by atoms with Crippen LogP contribution in [0.4, 0.5) is 13.2 Å². The normalized spacial score (nSPS) is 21.4. The van der Waals surface area contributed by atoms with E-state index in [2.05, 4.69) is 4.98 Å². The lowest BCUT2D eigenvalue weighted by molar-refractivity contribution is 0.0754. The van der Waals surface area contributed by atoms with Gasteiger partial charge >= 0.3 is 0 Å². The van der Waals surface area contributed by atoms with Gasteiger partial charge in [-0.2, -0.15) is 0 Å². The quantitative estimate of drug-likeness (QED) is 0.847. The van der Waals surface area contributed by atoms with Crippen molar-refractivity contribution in [2.24, 2.45) is 0 Å². The largest absolute Gasteiger partial charge is 0.334 e. The second kappa shape index (κ2) is 5.39. The number of likely N-dealkylation sites (tertiary alicyclic amines) is 1. The molecule has 0 N–H and O–H groups in total. The first-order valence-corrected chi connectivity index (χ1v) is 7.62. The van der Waals surface area contributed by atoms with Crippen molar-refractivity contribution in [3.05, 3.63) is 51.5 Å². The number of rotatable bonds is 2. The maximum absolute atomic E-state index is 15.0. The molecule has 1 aliphatic heterocycles. The molecule has 1 fully saturated rings. The molecular formula is C15H13F3N2OS. The summed E-state index contributed by atoms with van der Waals surface area (Å²) in [6, 6.07) is 2.66. The van der Waals surface area contributed by atoms with E-state index in [9.17, 15) is 13.6 Å². The fraction of sp³-hybridized carbons (Fsp3) is 0.333. The molecule has 3 rings (SSSR count). The molecule has 0 radical (unpaired) electrons. The Bertz CT molecular complexity index is 713. The third-order valence-corrected chi connectivity index (χ3v) is 4.74. The minimum absolute atomic E-state index is 0.0134. The van der Waals surface area contributed by atoms with Crippen molar-refractivity contribution in [1.29, 1.82) is 0 Å². The summed E-state index contributed by atoms with van der Waals surface area (Å²) < 4.78 is 41.6. The molecule has 1 amide bonds. The molecule has 3 nitrogen and oxygen atoms in total. The van der Waals surface area contributed by atoms with Crippen LogP contribution in [-0.4, -0.2) is 28.9 Å². The van der Waals surface area contributed by atoms with Gasteiger partial charge in [-0.3, -0.25) is 4.79 Å². The van der Waals surface area contributed by atoms with E-state index in [0.717, 1.165) is 12.1 Å². The van der Waals surface area contributed by atoms with Crippen LogP contribution in [0.2, 0.25) is 0 Å². The van der Waals surface area contributed by atoms with Crippen LogP contribution in [0.3, 0.4) is 0 Å². The summed E-state index contributed by atoms with van der Waals surface area (Å²) in [6.07, 6.45) is 0.0134. The van der Waals surface area contributed by atoms with E-state index in [4.69, 9.17) is 0 Å². The minimum Gasteiger partial charge on any atom is -0.334 e. The summed E-state index contributed by atoms with van der Waals surface area (Å²) in [6.45, 7) is 1.70. The number of carbonyl (C=O) groups is 1. The summed E-state index contributed by atoms with van der Waals surface area (Å²) in [7, 11) is 0. The molecule has 1 atom stereocenters. The van der Waals surface area contributed by atoms with Gasteiger partial charge in [-0.1, -0.05) is 0 Å². The van der Waals surface area contributed by atoms with Crippen LogP contribution in [0.15, 0.2) is 23.7 Å². The van der Waals surface area contributed by atoms with Crippen molar-refractivity contribution in [2.45, 2.75) is 19.0 Å². The van der Waals surface area contributed by atoms with E-state index in [1.54, 1.807) is 12.4 Å². The average molecular weight is 326 g/mol. The topological polar surface area (TPSA) is 33.2 Å². The lowest BCUT2D eigenvalue weighted by atomic mass is 9.95. The zero-order chi connectivity index (χ0) is 15.9. The second-order valence-electron chi connectivity index (χ2n) is 5.37. The van der Waals surface area contributed by atoms with Gasteiger partial charge in [-0.15, -0.1) is 11.3 Å². The smallest absolute Gasteiger partial charge is 0.265 e. The van der Waals surface area contributed by atoms with Crippen molar-refractivity contribution in [3.63, 3.8) is 0 Å². The summed E-state index contributed by atoms with van der Waals surface area (Å²) in [5, 5.41) is 0. The van der Waals surface area contributed by atoms with E-state index in [1.165, 1.54) is 16.2 Å². The highest BCUT2D eigenvalue weighted by atomic mass is 32.1. The first-order chi connectivity index (χ1) is 10.4. The molecule has 116 valence electrons. The Morgan fingerprint density at radius 1 is 1.32 bits per heavy atom. The van der Waals surface area contributed by atoms with Gasteiger partial charge in [0.05, 0.1) is 17.7 Å². The molecule has 7 heteroatoms. The summed E-state index contributed by atoms with van der Waals surface area (Å²) in [4.78, 5) is 18.2. The molecule has 1 saturated heterocycles. The fourth-order valence-corrected chi connectivity index (χ4v) is 3.41. The van der Waals surface area contributed by atoms with E-state index in [-0.39, 0.29) is 31.0 Å². The standard InChI is InChI=1S/C15H13F3N2OS/c1-9-13(22-8-19-9)14(21)20-3-2-15(18,7-20)10-4-11(16)6-12(17)5-10/h4-6,8H,2-3,7H2,1H3. The highest BCUT2D eigenvalue weighted by Crippen LogP contribution is 2.37. The van der Waals surface area contributed by atoms with Gasteiger partial charge in [-0.25, -0.2) is 18.2 Å². The molecule has 0 aliphatic carbocycles. The van der Waals surface area contributed by atoms with Crippen molar-refractivity contribution in [2.75, 3.05) is 13.1 Å². The van der Waals surface area contributed by atoms with Gasteiger partial charge in [0.25, 0.3) is 5.91 Å². The highest BCUT2D eigenvalue weighted by molar-refractivity contribution is 7.11. The zero-order valence-electron chi connectivity index (χ0n) is 11.8. The Balaban J connectivity index is 1.84. The number of thiazole rings is 1. The van der Waals surface area contributed by atoms with Gasteiger partial charge in [0.1, 0.15) is 16.5 Å². The summed E-state index contributed by atoms with van der Waals surface area (Å²) >= 11 is 1.20. The molecule has 2 heterocycles. The number of halogens is 3. The molecule has 0 saturated carbocycles. The van der Waals surface area contributed by atoms with E-state index in [1.807, 2.05) is 0 Å². The molecule has 1 aromatic heterocycles. The Kier molecular flexibility index (Phi) is 3.68. The van der Waals surface area contributed by atoms with Gasteiger partial charge in [0.2, 0.25) is 0 Å². The monoisotopic (exact) mass is 326 g/mol. The van der Waals surface area contributed by atoms with Gasteiger partial charge in [0, 0.05) is 19.0 Å². The molecule has 1 unspecified atom stereocenters. The van der Waals surface area contributed by atoms with Gasteiger partial charge in [0.15, 0.2) is 5.67 Å². The maximum Gasteiger partial charge on any atom is 0.265 e. The number of carbonyl (C=O) groups excluding carboxylic acids is 1. The number of benzene rings is 1. The van der Waals surface area contributed by atoms with Crippen LogP contribution in [0.25, 0.3) is 0 Å². The first-order valence-electron chi connectivity index (χ1n) is 6.74. The van der Waals surface area contributed by atoms with Crippen molar-refractivity contribution >= 4 is 17.2 Å². The summed E-state index contributed by atoms with van der Waals surface area (Å²) in [5.74, 6) is -1.94. The highest BCUT2D eigenvalue weighted by Gasteiger charge is 2.42. The number of nitrogens with zero attached hydrogens (tertiary/aromatic N) is 2. The number of hydrogen-bond donors (Lipinski definition) is 0. The molecule has 0 bridgehead atoms. The Morgan fingerprint density at radius 2 is 2.00 bits per heavy atom. The van der Waals surface area contributed by atoms with Crippen LogP contribution in [-0.2, 0) is 5.67 Å². The van der Waals surface area contributed by atoms with E-state index < -0.39 is 17.3 Å². The minimum atomic E-state index is -1.93. The molecule has 1 aromatic carbocycles. The third-order valence-electron chi connectivity index (χ3n) is 3.83. The van der Waals surface area contributed by atoms with Crippen molar-refractivity contribution < 1.29 is 18.0 Å². The van der Waals surface area contributed by atoms with Crippen LogP contribution >= 0.6 is 11.3 Å². The van der Waals surface area contributed by atoms with E-state index in [0.29, 0.717) is 16.6 Å². The maximum atomic E-state index is 15.0. The number of alkyl halides is 1. The summed E-state index contributed by atoms with van der Waals surface area (Å²) in [5.41, 5.74) is 0.157. The van der Waals surface area contributed by atoms with Crippen LogP contribution < -0.4 is 0 Å². The van der Waals surface area contributed by atoms with Crippen LogP contribution in [0.5, 0.6) is 0 Å². The molecule has 22 heavy (non-hydrogen) atoms. The lowest BCUT2D eigenvalue weighted by Crippen LogP contribution is -2.32. The molecule has 2 aromatic rings. The predicted octanol–water partition coefficient (Wildman–Crippen LogP) is 3.44. The van der Waals surface area contributed by atoms with E-state index >= 15 is 4.39 Å². The van der Waals surface area contributed by atoms with Crippen LogP contribution in [0, 0.1) is 18.6 Å². The number of amides is 1. The van der Waals surface area contributed by atoms with Gasteiger partial charge in [-0.05, 0) is 24.6 Å². The number of hydrogen-bond acceptors (Lipinski definition) is 3. The lowest BCUT2D eigenvalue weighted by Gasteiger charge is -2.21. The molecular weight excluding hydrogens is 313 g/mol. The average Bonchev–Trinajstić information content (AvgIpc) is 3.04. The molecule has 1 aliphatic rings. The SMILES string of the molecule is Cc1ncsc1C(=O)N1CCC(F)(c2cc(F)cc(F)c2)C1. The zero-order valence-corrected chi connectivity index (χ0v) is 12.6.